The van der Waals surface area contributed by atoms with Crippen molar-refractivity contribution in [2.45, 2.75) is 0 Å². The lowest BCUT2D eigenvalue weighted by atomic mass is 10.3. The zero-order chi connectivity index (χ0) is 13.4. The Balaban J connectivity index is 2.10. The first kappa shape index (κ1) is 11.3. The van der Waals surface area contributed by atoms with Crippen LogP contribution in [-0.4, -0.2) is 19.9 Å². The van der Waals surface area contributed by atoms with Crippen LogP contribution in [-0.2, 0) is 0 Å². The maximum atomic E-state index is 13.5. The van der Waals surface area contributed by atoms with Crippen LogP contribution >= 0.6 is 0 Å². The van der Waals surface area contributed by atoms with Crippen molar-refractivity contribution >= 4 is 17.1 Å². The second kappa shape index (κ2) is 4.16. The maximum absolute atomic E-state index is 13.5. The standard InChI is InChI=1S/C11H7F2N5O/c12-5-1-2-6(13)7(3-5)19-10-8-9(16-4-15-8)17-11(14)18-10/h1-4H,(H3,14,15,16,17,18). The molecule has 0 bridgehead atoms. The van der Waals surface area contributed by atoms with E-state index in [1.807, 2.05) is 0 Å². The number of nitrogens with zero attached hydrogens (tertiary/aromatic N) is 3. The van der Waals surface area contributed by atoms with Crippen molar-refractivity contribution in [2.24, 2.45) is 0 Å². The molecule has 0 unspecified atom stereocenters. The average Bonchev–Trinajstić information content (AvgIpc) is 2.82. The van der Waals surface area contributed by atoms with Gasteiger partial charge in [0, 0.05) is 6.07 Å². The Hall–Kier alpha value is -2.77. The molecule has 0 amide bonds. The van der Waals surface area contributed by atoms with Gasteiger partial charge in [-0.15, -0.1) is 0 Å². The van der Waals surface area contributed by atoms with Crippen LogP contribution in [0.5, 0.6) is 11.6 Å². The summed E-state index contributed by atoms with van der Waals surface area (Å²) in [7, 11) is 0. The summed E-state index contributed by atoms with van der Waals surface area (Å²) in [4.78, 5) is 14.3. The first-order valence-corrected chi connectivity index (χ1v) is 5.23. The van der Waals surface area contributed by atoms with Gasteiger partial charge in [0.1, 0.15) is 11.3 Å². The Bertz CT molecular complexity index is 758. The van der Waals surface area contributed by atoms with Crippen molar-refractivity contribution in [3.63, 3.8) is 0 Å². The van der Waals surface area contributed by atoms with E-state index in [0.29, 0.717) is 5.52 Å². The lowest BCUT2D eigenvalue weighted by molar-refractivity contribution is 0.426. The van der Waals surface area contributed by atoms with Gasteiger partial charge >= 0.3 is 0 Å². The van der Waals surface area contributed by atoms with E-state index in [1.54, 1.807) is 0 Å². The van der Waals surface area contributed by atoms with Crippen molar-refractivity contribution in [3.8, 4) is 11.6 Å². The fourth-order valence-electron chi connectivity index (χ4n) is 1.56. The zero-order valence-electron chi connectivity index (χ0n) is 9.39. The molecule has 0 aliphatic carbocycles. The summed E-state index contributed by atoms with van der Waals surface area (Å²) in [5, 5.41) is 0. The molecule has 96 valence electrons. The second-order valence-electron chi connectivity index (χ2n) is 3.66. The molecule has 2 heterocycles. The van der Waals surface area contributed by atoms with Crippen LogP contribution in [0.2, 0.25) is 0 Å². The van der Waals surface area contributed by atoms with E-state index < -0.39 is 11.6 Å². The number of hydrogen-bond donors (Lipinski definition) is 2. The summed E-state index contributed by atoms with van der Waals surface area (Å²) in [6, 6.07) is 2.86. The molecular formula is C11H7F2N5O. The van der Waals surface area contributed by atoms with E-state index in [4.69, 9.17) is 10.5 Å². The molecule has 0 radical (unpaired) electrons. The number of anilines is 1. The summed E-state index contributed by atoms with van der Waals surface area (Å²) >= 11 is 0. The Labute approximate surface area is 105 Å². The third-order valence-electron chi connectivity index (χ3n) is 2.37. The second-order valence-corrected chi connectivity index (χ2v) is 3.66. The van der Waals surface area contributed by atoms with Gasteiger partial charge in [-0.2, -0.15) is 9.97 Å². The third-order valence-corrected chi connectivity index (χ3v) is 2.37. The van der Waals surface area contributed by atoms with Gasteiger partial charge in [-0.3, -0.25) is 0 Å². The highest BCUT2D eigenvalue weighted by Crippen LogP contribution is 2.28. The summed E-state index contributed by atoms with van der Waals surface area (Å²) in [5.41, 5.74) is 6.10. The molecule has 8 heteroatoms. The highest BCUT2D eigenvalue weighted by Gasteiger charge is 2.13. The minimum Gasteiger partial charge on any atom is -0.434 e. The predicted octanol–water partition coefficient (Wildman–Crippen LogP) is 2.01. The first-order chi connectivity index (χ1) is 9.13. The van der Waals surface area contributed by atoms with Crippen LogP contribution in [0.15, 0.2) is 24.5 Å². The molecule has 0 aliphatic heterocycles. The van der Waals surface area contributed by atoms with E-state index in [2.05, 4.69) is 19.9 Å². The van der Waals surface area contributed by atoms with Crippen molar-refractivity contribution in [2.75, 3.05) is 5.73 Å². The molecule has 2 aromatic heterocycles. The Morgan fingerprint density at radius 1 is 1.21 bits per heavy atom. The topological polar surface area (TPSA) is 89.7 Å². The highest BCUT2D eigenvalue weighted by molar-refractivity contribution is 5.77. The summed E-state index contributed by atoms with van der Waals surface area (Å²) in [6.45, 7) is 0. The molecule has 0 spiro atoms. The van der Waals surface area contributed by atoms with Gasteiger partial charge < -0.3 is 15.5 Å². The van der Waals surface area contributed by atoms with Crippen molar-refractivity contribution in [3.05, 3.63) is 36.2 Å². The summed E-state index contributed by atoms with van der Waals surface area (Å²) in [5.74, 6) is -1.74. The van der Waals surface area contributed by atoms with Gasteiger partial charge in [-0.05, 0) is 12.1 Å². The summed E-state index contributed by atoms with van der Waals surface area (Å²) < 4.78 is 31.8. The number of aromatic nitrogens is 4. The van der Waals surface area contributed by atoms with Crippen molar-refractivity contribution < 1.29 is 13.5 Å². The fourth-order valence-corrected chi connectivity index (χ4v) is 1.56. The molecule has 0 atom stereocenters. The molecule has 6 nitrogen and oxygen atoms in total. The molecule has 0 aliphatic rings. The van der Waals surface area contributed by atoms with Gasteiger partial charge in [0.15, 0.2) is 17.2 Å². The van der Waals surface area contributed by atoms with E-state index in [0.717, 1.165) is 18.2 Å². The van der Waals surface area contributed by atoms with Gasteiger partial charge in [0.25, 0.3) is 5.88 Å². The molecule has 19 heavy (non-hydrogen) atoms. The number of aromatic amines is 1. The van der Waals surface area contributed by atoms with Crippen LogP contribution < -0.4 is 10.5 Å². The number of nitrogens with one attached hydrogen (secondary N) is 1. The molecular weight excluding hydrogens is 256 g/mol. The van der Waals surface area contributed by atoms with Crippen LogP contribution in [0.25, 0.3) is 11.2 Å². The van der Waals surface area contributed by atoms with Crippen LogP contribution in [0.4, 0.5) is 14.7 Å². The number of H-pyrrole nitrogens is 1. The van der Waals surface area contributed by atoms with Crippen molar-refractivity contribution in [1.29, 1.82) is 0 Å². The molecule has 0 fully saturated rings. The van der Waals surface area contributed by atoms with E-state index in [9.17, 15) is 8.78 Å². The fraction of sp³-hybridized carbons (Fsp3) is 0. The number of nitrogens with two attached hydrogens (primary N) is 1. The van der Waals surface area contributed by atoms with Crippen LogP contribution in [0, 0.1) is 11.6 Å². The average molecular weight is 263 g/mol. The number of imidazole rings is 1. The van der Waals surface area contributed by atoms with Crippen LogP contribution in [0.1, 0.15) is 0 Å². The van der Waals surface area contributed by atoms with Gasteiger partial charge in [0.05, 0.1) is 6.33 Å². The highest BCUT2D eigenvalue weighted by atomic mass is 19.1. The summed E-state index contributed by atoms with van der Waals surface area (Å²) in [6.07, 6.45) is 1.37. The molecule has 0 saturated heterocycles. The molecule has 0 saturated carbocycles. The largest absolute Gasteiger partial charge is 0.434 e. The monoisotopic (exact) mass is 263 g/mol. The third kappa shape index (κ3) is 2.03. The first-order valence-electron chi connectivity index (χ1n) is 5.23. The minimum atomic E-state index is -0.716. The molecule has 3 N–H and O–H groups in total. The lowest BCUT2D eigenvalue weighted by Gasteiger charge is -2.06. The number of halogens is 2. The maximum Gasteiger partial charge on any atom is 0.250 e. The number of fused-ring (bicyclic) bond motifs is 1. The Morgan fingerprint density at radius 3 is 2.89 bits per heavy atom. The zero-order valence-corrected chi connectivity index (χ0v) is 9.39. The molecule has 3 aromatic rings. The Morgan fingerprint density at radius 2 is 2.05 bits per heavy atom. The molecule has 3 rings (SSSR count). The van der Waals surface area contributed by atoms with Gasteiger partial charge in [-0.25, -0.2) is 13.8 Å². The number of ether oxygens (including phenoxy) is 1. The smallest absolute Gasteiger partial charge is 0.250 e. The van der Waals surface area contributed by atoms with Gasteiger partial charge in [-0.1, -0.05) is 0 Å². The minimum absolute atomic E-state index is 0.0236. The van der Waals surface area contributed by atoms with E-state index in [1.165, 1.54) is 6.33 Å². The quantitative estimate of drug-likeness (QED) is 0.738. The number of benzene rings is 1. The van der Waals surface area contributed by atoms with Crippen molar-refractivity contribution in [1.82, 2.24) is 19.9 Å². The Kier molecular flexibility index (Phi) is 2.48. The molecule has 1 aromatic carbocycles. The van der Waals surface area contributed by atoms with Crippen LogP contribution in [0.3, 0.4) is 0 Å². The van der Waals surface area contributed by atoms with E-state index >= 15 is 0 Å². The number of nitrogen functional groups attached to an aromatic ring is 1. The number of rotatable bonds is 2. The lowest BCUT2D eigenvalue weighted by Crippen LogP contribution is -1.99. The SMILES string of the molecule is Nc1nc(Oc2cc(F)ccc2F)c2[nH]cnc2n1. The number of hydrogen-bond acceptors (Lipinski definition) is 5. The van der Waals surface area contributed by atoms with Gasteiger partial charge in [0.2, 0.25) is 5.95 Å². The van der Waals surface area contributed by atoms with E-state index in [-0.39, 0.29) is 23.2 Å². The normalized spacial score (nSPS) is 10.8. The predicted molar refractivity (Wildman–Crippen MR) is 62.5 cm³/mol.